The SMILES string of the molecule is CC1(C)C2CC(=O)[C@](C)(OC(=O)CCCCC3SCC4NC(=O)NC43)C1C2. The van der Waals surface area contributed by atoms with Gasteiger partial charge in [-0.05, 0) is 37.5 Å². The van der Waals surface area contributed by atoms with Gasteiger partial charge in [0.2, 0.25) is 0 Å². The Morgan fingerprint density at radius 3 is 2.74 bits per heavy atom. The zero-order valence-electron chi connectivity index (χ0n) is 16.4. The predicted octanol–water partition coefficient (Wildman–Crippen LogP) is 2.65. The highest BCUT2D eigenvalue weighted by Crippen LogP contribution is 2.62. The van der Waals surface area contributed by atoms with E-state index >= 15 is 0 Å². The first-order valence-electron chi connectivity index (χ1n) is 10.2. The van der Waals surface area contributed by atoms with Gasteiger partial charge in [-0.15, -0.1) is 0 Å². The van der Waals surface area contributed by atoms with Gasteiger partial charge in [-0.3, -0.25) is 9.59 Å². The fourth-order valence-corrected chi connectivity index (χ4v) is 7.13. The Kier molecular flexibility index (Phi) is 4.72. The number of thioether (sulfide) groups is 1. The normalized spacial score (nSPS) is 41.4. The summed E-state index contributed by atoms with van der Waals surface area (Å²) in [6.45, 7) is 6.20. The summed E-state index contributed by atoms with van der Waals surface area (Å²) >= 11 is 1.89. The molecule has 27 heavy (non-hydrogen) atoms. The number of nitrogens with one attached hydrogen (secondary N) is 2. The minimum absolute atomic E-state index is 0.0644. The van der Waals surface area contributed by atoms with Crippen molar-refractivity contribution in [2.75, 3.05) is 5.75 Å². The molecule has 3 aliphatic carbocycles. The van der Waals surface area contributed by atoms with Gasteiger partial charge in [0, 0.05) is 29.8 Å². The van der Waals surface area contributed by atoms with E-state index in [1.165, 1.54) is 0 Å². The Bertz CT molecular complexity index is 666. The number of fused-ring (bicyclic) bond motifs is 3. The lowest BCUT2D eigenvalue weighted by Crippen LogP contribution is -2.66. The third kappa shape index (κ3) is 3.15. The molecule has 150 valence electrons. The highest BCUT2D eigenvalue weighted by Gasteiger charge is 2.65. The molecule has 2 saturated heterocycles. The molecule has 2 amide bonds. The number of Topliss-reactive ketones (excluding diaryl/α,β-unsaturated/α-hetero) is 1. The van der Waals surface area contributed by atoms with Crippen LogP contribution in [-0.2, 0) is 14.3 Å². The molecule has 2 bridgehead atoms. The molecule has 5 fully saturated rings. The van der Waals surface area contributed by atoms with Crippen molar-refractivity contribution in [1.82, 2.24) is 10.6 Å². The van der Waals surface area contributed by atoms with Crippen LogP contribution in [0.1, 0.15) is 59.3 Å². The second-order valence-electron chi connectivity index (χ2n) is 9.38. The Balaban J connectivity index is 1.22. The monoisotopic (exact) mass is 394 g/mol. The maximum atomic E-state index is 12.5. The lowest BCUT2D eigenvalue weighted by molar-refractivity contribution is -0.213. The second-order valence-corrected chi connectivity index (χ2v) is 10.7. The number of urea groups is 1. The Morgan fingerprint density at radius 1 is 1.22 bits per heavy atom. The summed E-state index contributed by atoms with van der Waals surface area (Å²) in [5.74, 6) is 1.38. The Labute approximate surface area is 164 Å². The van der Waals surface area contributed by atoms with Crippen molar-refractivity contribution in [3.63, 3.8) is 0 Å². The summed E-state index contributed by atoms with van der Waals surface area (Å²) in [5.41, 5.74) is -0.859. The standard InChI is InChI=1S/C20H30N2O4S/c1-19(2)11-8-14(19)20(3,15(23)9-11)26-16(24)7-5-4-6-13-17-12(10-27-13)21-18(25)22-17/h11-14,17H,4-10H2,1-3H3,(H2,21,22,25)/t11?,12?,13?,14?,17?,20-/m1/s1. The summed E-state index contributed by atoms with van der Waals surface area (Å²) in [6, 6.07) is 0.386. The topological polar surface area (TPSA) is 84.5 Å². The van der Waals surface area contributed by atoms with Gasteiger partial charge in [0.05, 0.1) is 12.1 Å². The number of unbranched alkanes of at least 4 members (excludes halogenated alkanes) is 1. The van der Waals surface area contributed by atoms with Crippen molar-refractivity contribution in [3.05, 3.63) is 0 Å². The van der Waals surface area contributed by atoms with Crippen LogP contribution in [0.4, 0.5) is 4.79 Å². The van der Waals surface area contributed by atoms with E-state index in [1.54, 1.807) is 0 Å². The van der Waals surface area contributed by atoms with Crippen molar-refractivity contribution < 1.29 is 19.1 Å². The van der Waals surface area contributed by atoms with Gasteiger partial charge in [0.1, 0.15) is 0 Å². The fourth-order valence-electron chi connectivity index (χ4n) is 5.59. The van der Waals surface area contributed by atoms with Crippen molar-refractivity contribution in [1.29, 1.82) is 0 Å². The molecule has 2 heterocycles. The van der Waals surface area contributed by atoms with Crippen LogP contribution in [0.25, 0.3) is 0 Å². The lowest BCUT2D eigenvalue weighted by atomic mass is 9.44. The van der Waals surface area contributed by atoms with Crippen molar-refractivity contribution in [2.45, 2.75) is 82.2 Å². The van der Waals surface area contributed by atoms with Crippen LogP contribution in [0.5, 0.6) is 0 Å². The number of ketones is 1. The van der Waals surface area contributed by atoms with E-state index in [4.69, 9.17) is 4.74 Å². The van der Waals surface area contributed by atoms with Crippen LogP contribution in [0.15, 0.2) is 0 Å². The molecular weight excluding hydrogens is 364 g/mol. The molecule has 3 saturated carbocycles. The summed E-state index contributed by atoms with van der Waals surface area (Å²) < 4.78 is 5.77. The van der Waals surface area contributed by atoms with Gasteiger partial charge in [0.15, 0.2) is 11.4 Å². The summed E-state index contributed by atoms with van der Waals surface area (Å²) in [5, 5.41) is 6.35. The first-order chi connectivity index (χ1) is 12.7. The minimum atomic E-state index is -0.941. The third-order valence-corrected chi connectivity index (χ3v) is 9.01. The molecule has 5 aliphatic rings. The Hall–Kier alpha value is -1.24. The van der Waals surface area contributed by atoms with Crippen molar-refractivity contribution in [3.8, 4) is 0 Å². The largest absolute Gasteiger partial charge is 0.451 e. The maximum Gasteiger partial charge on any atom is 0.315 e. The number of amides is 2. The highest BCUT2D eigenvalue weighted by atomic mass is 32.2. The summed E-state index contributed by atoms with van der Waals surface area (Å²) in [4.78, 5) is 36.3. The molecule has 2 aliphatic heterocycles. The number of carbonyl (C=O) groups is 3. The number of hydrogen-bond donors (Lipinski definition) is 2. The number of rotatable bonds is 6. The molecule has 6 nitrogen and oxygen atoms in total. The smallest absolute Gasteiger partial charge is 0.315 e. The van der Waals surface area contributed by atoms with Crippen LogP contribution in [0.3, 0.4) is 0 Å². The molecule has 0 radical (unpaired) electrons. The van der Waals surface area contributed by atoms with E-state index in [-0.39, 0.29) is 41.2 Å². The molecule has 7 heteroatoms. The first-order valence-corrected chi connectivity index (χ1v) is 11.2. The van der Waals surface area contributed by atoms with Gasteiger partial charge in [0.25, 0.3) is 0 Å². The van der Waals surface area contributed by atoms with Crippen molar-refractivity contribution >= 4 is 29.5 Å². The maximum absolute atomic E-state index is 12.5. The van der Waals surface area contributed by atoms with Gasteiger partial charge in [-0.2, -0.15) is 11.8 Å². The van der Waals surface area contributed by atoms with E-state index in [2.05, 4.69) is 24.5 Å². The number of esters is 1. The fraction of sp³-hybridized carbons (Fsp3) is 0.850. The molecule has 0 spiro atoms. The highest BCUT2D eigenvalue weighted by molar-refractivity contribution is 8.00. The zero-order valence-corrected chi connectivity index (χ0v) is 17.2. The van der Waals surface area contributed by atoms with E-state index in [1.807, 2.05) is 18.7 Å². The molecule has 6 atom stereocenters. The predicted molar refractivity (Wildman–Crippen MR) is 103 cm³/mol. The van der Waals surface area contributed by atoms with E-state index in [0.717, 1.165) is 31.4 Å². The average Bonchev–Trinajstić information content (AvgIpc) is 3.13. The number of ether oxygens (including phenoxy) is 1. The average molecular weight is 395 g/mol. The third-order valence-electron chi connectivity index (χ3n) is 7.50. The number of hydrogen-bond acceptors (Lipinski definition) is 5. The van der Waals surface area contributed by atoms with E-state index in [9.17, 15) is 14.4 Å². The Morgan fingerprint density at radius 2 is 2.00 bits per heavy atom. The molecule has 2 N–H and O–H groups in total. The van der Waals surface area contributed by atoms with E-state index in [0.29, 0.717) is 24.0 Å². The van der Waals surface area contributed by atoms with Gasteiger partial charge in [-0.1, -0.05) is 20.3 Å². The van der Waals surface area contributed by atoms with E-state index < -0.39 is 5.60 Å². The summed E-state index contributed by atoms with van der Waals surface area (Å²) in [6.07, 6.45) is 4.55. The van der Waals surface area contributed by atoms with Gasteiger partial charge < -0.3 is 15.4 Å². The molecule has 5 rings (SSSR count). The molecular formula is C20H30N2O4S. The first kappa shape index (κ1) is 19.1. The van der Waals surface area contributed by atoms with Crippen LogP contribution in [0, 0.1) is 17.3 Å². The van der Waals surface area contributed by atoms with Crippen LogP contribution in [0.2, 0.25) is 0 Å². The quantitative estimate of drug-likeness (QED) is 0.411. The second kappa shape index (κ2) is 6.68. The molecule has 0 aromatic rings. The molecule has 5 unspecified atom stereocenters. The van der Waals surface area contributed by atoms with Crippen molar-refractivity contribution in [2.24, 2.45) is 17.3 Å². The van der Waals surface area contributed by atoms with Gasteiger partial charge >= 0.3 is 12.0 Å². The lowest BCUT2D eigenvalue weighted by Gasteiger charge is -2.62. The summed E-state index contributed by atoms with van der Waals surface area (Å²) in [7, 11) is 0. The van der Waals surface area contributed by atoms with Crippen LogP contribution >= 0.6 is 11.8 Å². The van der Waals surface area contributed by atoms with Gasteiger partial charge in [-0.25, -0.2) is 4.79 Å². The minimum Gasteiger partial charge on any atom is -0.451 e. The number of carbonyl (C=O) groups excluding carboxylic acids is 3. The van der Waals surface area contributed by atoms with Crippen LogP contribution < -0.4 is 10.6 Å². The molecule has 0 aromatic carbocycles. The molecule has 0 aromatic heterocycles. The van der Waals surface area contributed by atoms with Crippen LogP contribution in [-0.4, -0.2) is 46.5 Å². The zero-order chi connectivity index (χ0) is 19.4.